The molecule has 0 aromatic heterocycles. The summed E-state index contributed by atoms with van der Waals surface area (Å²) in [4.78, 5) is 54.9. The lowest BCUT2D eigenvalue weighted by molar-refractivity contribution is -0.172. The van der Waals surface area contributed by atoms with Gasteiger partial charge in [0.1, 0.15) is 12.2 Å². The fourth-order valence-electron chi connectivity index (χ4n) is 8.24. The molecule has 0 saturated carbocycles. The van der Waals surface area contributed by atoms with Gasteiger partial charge >= 0.3 is 17.9 Å². The lowest BCUT2D eigenvalue weighted by Crippen LogP contribution is -2.50. The van der Waals surface area contributed by atoms with E-state index in [0.29, 0.717) is 38.6 Å². The fraction of sp³-hybridized carbons (Fsp3) is 0.918. The van der Waals surface area contributed by atoms with Crippen LogP contribution in [0.4, 0.5) is 0 Å². The van der Waals surface area contributed by atoms with Crippen molar-refractivity contribution < 1.29 is 33.4 Å². The molecule has 58 heavy (non-hydrogen) atoms. The maximum absolute atomic E-state index is 14.0. The zero-order chi connectivity index (χ0) is 42.7. The summed E-state index contributed by atoms with van der Waals surface area (Å²) in [7, 11) is 2.09. The van der Waals surface area contributed by atoms with E-state index < -0.39 is 5.60 Å². The zero-order valence-electron chi connectivity index (χ0n) is 38.8. The number of carbonyl (C=O) groups is 4. The molecule has 340 valence electrons. The average molecular weight is 821 g/mol. The largest absolute Gasteiger partial charge is 0.462 e. The van der Waals surface area contributed by atoms with Crippen LogP contribution < -0.4 is 5.32 Å². The summed E-state index contributed by atoms with van der Waals surface area (Å²) in [5.74, 6) is -0.234. The van der Waals surface area contributed by atoms with Crippen LogP contribution in [0.25, 0.3) is 0 Å². The van der Waals surface area contributed by atoms with Crippen molar-refractivity contribution >= 4 is 23.8 Å². The van der Waals surface area contributed by atoms with Gasteiger partial charge in [0, 0.05) is 32.4 Å². The molecular weight excluding hydrogens is 729 g/mol. The van der Waals surface area contributed by atoms with E-state index in [1.165, 1.54) is 0 Å². The maximum atomic E-state index is 14.0. The molecular formula is C49H92N2O7. The Kier molecular flexibility index (Phi) is 33.0. The molecule has 1 aliphatic rings. The summed E-state index contributed by atoms with van der Waals surface area (Å²) in [5, 5.41) is 3.15. The minimum atomic E-state index is -1.15. The molecule has 1 atom stereocenters. The number of ether oxygens (including phenoxy) is 3. The molecule has 0 aliphatic carbocycles. The number of nitrogens with one attached hydrogen (secondary N) is 1. The first kappa shape index (κ1) is 53.9. The zero-order valence-corrected chi connectivity index (χ0v) is 38.8. The van der Waals surface area contributed by atoms with Crippen LogP contribution in [-0.4, -0.2) is 73.2 Å². The minimum Gasteiger partial charge on any atom is -0.462 e. The SMILES string of the molecule is CCCCNC(=O)C(CCCCCCCCC(=O)OC(CCCC)CCCC)(CCCCCCCCC(=O)OC(CCCC)CCCC)OC(=O)CC1CCN(C)C1. The molecule has 1 aliphatic heterocycles. The summed E-state index contributed by atoms with van der Waals surface area (Å²) >= 11 is 0. The van der Waals surface area contributed by atoms with E-state index in [4.69, 9.17) is 14.2 Å². The Bertz CT molecular complexity index is 986. The number of hydrogen-bond donors (Lipinski definition) is 1. The van der Waals surface area contributed by atoms with Crippen LogP contribution in [0.2, 0.25) is 0 Å². The van der Waals surface area contributed by atoms with Crippen molar-refractivity contribution in [3.8, 4) is 0 Å². The van der Waals surface area contributed by atoms with Crippen molar-refractivity contribution in [1.29, 1.82) is 0 Å². The first-order valence-corrected chi connectivity index (χ1v) is 24.7. The molecule has 1 heterocycles. The third-order valence-corrected chi connectivity index (χ3v) is 12.0. The van der Waals surface area contributed by atoms with E-state index in [2.05, 4.69) is 51.9 Å². The van der Waals surface area contributed by atoms with Crippen LogP contribution in [0.15, 0.2) is 0 Å². The van der Waals surface area contributed by atoms with E-state index >= 15 is 0 Å². The molecule has 1 rings (SSSR count). The predicted octanol–water partition coefficient (Wildman–Crippen LogP) is 12.4. The first-order chi connectivity index (χ1) is 28.1. The van der Waals surface area contributed by atoms with Crippen molar-refractivity contribution in [3.63, 3.8) is 0 Å². The minimum absolute atomic E-state index is 0.0594. The molecule has 0 aromatic rings. The number of amides is 1. The smallest absolute Gasteiger partial charge is 0.307 e. The van der Waals surface area contributed by atoms with Crippen molar-refractivity contribution in [2.24, 2.45) is 5.92 Å². The van der Waals surface area contributed by atoms with Crippen LogP contribution in [0, 0.1) is 5.92 Å². The Balaban J connectivity index is 2.71. The van der Waals surface area contributed by atoms with Crippen molar-refractivity contribution in [3.05, 3.63) is 0 Å². The second-order valence-corrected chi connectivity index (χ2v) is 17.7. The van der Waals surface area contributed by atoms with Gasteiger partial charge in [-0.25, -0.2) is 0 Å². The second kappa shape index (κ2) is 35.6. The molecule has 9 nitrogen and oxygen atoms in total. The fourth-order valence-corrected chi connectivity index (χ4v) is 8.24. The van der Waals surface area contributed by atoms with Gasteiger partial charge in [-0.3, -0.25) is 19.2 Å². The van der Waals surface area contributed by atoms with Gasteiger partial charge in [-0.15, -0.1) is 0 Å². The highest BCUT2D eigenvalue weighted by molar-refractivity contribution is 5.88. The van der Waals surface area contributed by atoms with Gasteiger partial charge in [-0.2, -0.15) is 0 Å². The van der Waals surface area contributed by atoms with Gasteiger partial charge in [0.25, 0.3) is 5.91 Å². The number of nitrogens with zero attached hydrogens (tertiary/aromatic N) is 1. The molecule has 0 bridgehead atoms. The third-order valence-electron chi connectivity index (χ3n) is 12.0. The van der Waals surface area contributed by atoms with Gasteiger partial charge in [0.2, 0.25) is 0 Å². The van der Waals surface area contributed by atoms with Crippen molar-refractivity contribution in [1.82, 2.24) is 10.2 Å². The quantitative estimate of drug-likeness (QED) is 0.0371. The van der Waals surface area contributed by atoms with Crippen molar-refractivity contribution in [2.75, 3.05) is 26.7 Å². The van der Waals surface area contributed by atoms with E-state index in [-0.39, 0.29) is 41.9 Å². The molecule has 0 aromatic carbocycles. The highest BCUT2D eigenvalue weighted by Gasteiger charge is 2.41. The molecule has 0 spiro atoms. The van der Waals surface area contributed by atoms with Crippen LogP contribution >= 0.6 is 0 Å². The van der Waals surface area contributed by atoms with E-state index in [1.54, 1.807) is 0 Å². The molecule has 9 heteroatoms. The van der Waals surface area contributed by atoms with Crippen LogP contribution in [0.3, 0.4) is 0 Å². The van der Waals surface area contributed by atoms with Gasteiger partial charge < -0.3 is 24.4 Å². The molecule has 1 unspecified atom stereocenters. The molecule has 0 radical (unpaired) electrons. The van der Waals surface area contributed by atoms with Crippen LogP contribution in [0.5, 0.6) is 0 Å². The highest BCUT2D eigenvalue weighted by atomic mass is 16.6. The maximum Gasteiger partial charge on any atom is 0.307 e. The second-order valence-electron chi connectivity index (χ2n) is 17.7. The average Bonchev–Trinajstić information content (AvgIpc) is 3.62. The van der Waals surface area contributed by atoms with Gasteiger partial charge in [0.15, 0.2) is 5.60 Å². The van der Waals surface area contributed by atoms with Gasteiger partial charge in [0.05, 0.1) is 0 Å². The highest BCUT2D eigenvalue weighted by Crippen LogP contribution is 2.31. The number of carbonyl (C=O) groups excluding carboxylic acids is 4. The van der Waals surface area contributed by atoms with Crippen LogP contribution in [0.1, 0.15) is 240 Å². The lowest BCUT2D eigenvalue weighted by atomic mass is 9.87. The Hall–Kier alpha value is -2.16. The Labute approximate surface area is 357 Å². The van der Waals surface area contributed by atoms with E-state index in [9.17, 15) is 19.2 Å². The van der Waals surface area contributed by atoms with Crippen LogP contribution in [-0.2, 0) is 33.4 Å². The van der Waals surface area contributed by atoms with Gasteiger partial charge in [-0.05, 0) is 96.6 Å². The Morgan fingerprint density at radius 3 is 1.38 bits per heavy atom. The monoisotopic (exact) mass is 821 g/mol. The molecule has 1 amide bonds. The van der Waals surface area contributed by atoms with E-state index in [1.807, 2.05) is 0 Å². The van der Waals surface area contributed by atoms with Gasteiger partial charge in [-0.1, -0.05) is 144 Å². The number of rotatable bonds is 39. The molecule has 1 N–H and O–H groups in total. The summed E-state index contributed by atoms with van der Waals surface area (Å²) in [6, 6.07) is 0. The number of hydrogen-bond acceptors (Lipinski definition) is 8. The summed E-state index contributed by atoms with van der Waals surface area (Å²) < 4.78 is 18.0. The summed E-state index contributed by atoms with van der Waals surface area (Å²) in [6.45, 7) is 13.3. The van der Waals surface area contributed by atoms with Crippen molar-refractivity contribution in [2.45, 2.75) is 258 Å². The normalized spacial score (nSPS) is 14.7. The summed E-state index contributed by atoms with van der Waals surface area (Å²) in [5.41, 5.74) is -1.15. The number of esters is 3. The standard InChI is InChI=1S/C49H92N2O7/c1-7-12-29-43(30-13-8-2)56-45(52)33-25-21-17-19-23-27-36-49(48(55)50-38-16-11-5,58-47(54)40-42-35-39-51(6)41-42)37-28-24-20-18-22-26-34-46(53)57-44(31-14-9-3)32-15-10-4/h42-44H,7-41H2,1-6H3,(H,50,55). The predicted molar refractivity (Wildman–Crippen MR) is 239 cm³/mol. The number of unbranched alkanes of at least 4 members (excludes halogenated alkanes) is 15. The lowest BCUT2D eigenvalue weighted by Gasteiger charge is -2.33. The molecule has 1 saturated heterocycles. The Morgan fingerprint density at radius 1 is 0.569 bits per heavy atom. The third kappa shape index (κ3) is 26.8. The first-order valence-electron chi connectivity index (χ1n) is 24.7. The summed E-state index contributed by atoms with van der Waals surface area (Å²) in [6.07, 6.45) is 29.4. The Morgan fingerprint density at radius 2 is 0.983 bits per heavy atom. The van der Waals surface area contributed by atoms with E-state index in [0.717, 1.165) is 186 Å². The topological polar surface area (TPSA) is 111 Å². The number of likely N-dealkylation sites (tertiary alicyclic amines) is 1. The molecule has 1 fully saturated rings.